The average molecular weight is 502 g/mol. The highest BCUT2D eigenvalue weighted by atomic mass is 16.3. The van der Waals surface area contributed by atoms with Crippen LogP contribution in [0.5, 0.6) is 0 Å². The number of carbonyl (C=O) groups excluding carboxylic acids is 2. The van der Waals surface area contributed by atoms with E-state index in [1.54, 1.807) is 13.1 Å². The largest absolute Gasteiger partial charge is 0.404 e. The number of fused-ring (bicyclic) bond motifs is 3. The molecule has 0 bridgehead atoms. The lowest BCUT2D eigenvalue weighted by Gasteiger charge is -2.50. The Balaban J connectivity index is 1.30. The van der Waals surface area contributed by atoms with Crippen LogP contribution in [0.3, 0.4) is 0 Å². The molecule has 194 valence electrons. The topological polar surface area (TPSA) is 111 Å². The van der Waals surface area contributed by atoms with Crippen LogP contribution in [-0.2, 0) is 23.2 Å². The van der Waals surface area contributed by atoms with E-state index in [4.69, 9.17) is 5.73 Å². The molecule has 2 amide bonds. The Labute approximate surface area is 217 Å². The fraction of sp³-hybridized carbons (Fsp3) is 0.414. The minimum atomic E-state index is -0.638. The average Bonchev–Trinajstić information content (AvgIpc) is 2.88. The van der Waals surface area contributed by atoms with Gasteiger partial charge in [-0.25, -0.2) is 0 Å². The van der Waals surface area contributed by atoms with E-state index < -0.39 is 6.10 Å². The predicted molar refractivity (Wildman–Crippen MR) is 145 cm³/mol. The van der Waals surface area contributed by atoms with Crippen molar-refractivity contribution in [3.8, 4) is 0 Å². The van der Waals surface area contributed by atoms with E-state index in [-0.39, 0.29) is 22.8 Å². The molecule has 0 aromatic heterocycles. The molecule has 1 aliphatic carbocycles. The summed E-state index contributed by atoms with van der Waals surface area (Å²) in [6.45, 7) is 3.17. The third kappa shape index (κ3) is 5.04. The van der Waals surface area contributed by atoms with Gasteiger partial charge in [-0.2, -0.15) is 0 Å². The van der Waals surface area contributed by atoms with Crippen LogP contribution in [0.4, 0.5) is 5.69 Å². The van der Waals surface area contributed by atoms with E-state index in [1.165, 1.54) is 23.5 Å². The molecule has 3 aliphatic rings. The second kappa shape index (κ2) is 10.5. The number of aliphatic imine (C=N–C) groups is 1. The van der Waals surface area contributed by atoms with Gasteiger partial charge in [-0.15, -0.1) is 0 Å². The summed E-state index contributed by atoms with van der Waals surface area (Å²) in [4.78, 5) is 34.1. The Kier molecular flexibility index (Phi) is 7.13. The van der Waals surface area contributed by atoms with E-state index in [0.717, 1.165) is 44.3 Å². The Morgan fingerprint density at radius 1 is 1.22 bits per heavy atom. The number of anilines is 1. The Morgan fingerprint density at radius 2 is 2.00 bits per heavy atom. The molecule has 8 nitrogen and oxygen atoms in total. The maximum atomic E-state index is 13.6. The van der Waals surface area contributed by atoms with Crippen molar-refractivity contribution in [1.29, 1.82) is 0 Å². The first-order valence-electron chi connectivity index (χ1n) is 13.0. The second-order valence-electron chi connectivity index (χ2n) is 10.5. The highest BCUT2D eigenvalue weighted by Gasteiger charge is 2.47. The fourth-order valence-corrected chi connectivity index (χ4v) is 5.97. The van der Waals surface area contributed by atoms with Crippen molar-refractivity contribution < 1.29 is 14.7 Å². The van der Waals surface area contributed by atoms with Crippen molar-refractivity contribution in [3.63, 3.8) is 0 Å². The summed E-state index contributed by atoms with van der Waals surface area (Å²) in [5.41, 5.74) is 10.6. The highest BCUT2D eigenvalue weighted by Crippen LogP contribution is 2.48. The lowest BCUT2D eigenvalue weighted by atomic mass is 9.61. The van der Waals surface area contributed by atoms with Crippen molar-refractivity contribution in [2.45, 2.75) is 43.7 Å². The first-order valence-corrected chi connectivity index (χ1v) is 13.0. The zero-order chi connectivity index (χ0) is 26.0. The summed E-state index contributed by atoms with van der Waals surface area (Å²) in [7, 11) is 1.57. The van der Waals surface area contributed by atoms with Crippen LogP contribution in [0, 0.1) is 0 Å². The van der Waals surface area contributed by atoms with Gasteiger partial charge < -0.3 is 21.1 Å². The van der Waals surface area contributed by atoms with E-state index in [9.17, 15) is 14.7 Å². The number of nitrogens with two attached hydrogens (primary N) is 1. The smallest absolute Gasteiger partial charge is 0.258 e. The van der Waals surface area contributed by atoms with Crippen LogP contribution < -0.4 is 11.1 Å². The van der Waals surface area contributed by atoms with Gasteiger partial charge in [0.1, 0.15) is 0 Å². The minimum Gasteiger partial charge on any atom is -0.404 e. The van der Waals surface area contributed by atoms with Gasteiger partial charge in [0.05, 0.1) is 11.7 Å². The molecule has 1 saturated carbocycles. The van der Waals surface area contributed by atoms with Gasteiger partial charge in [-0.1, -0.05) is 36.8 Å². The number of nitrogens with one attached hydrogen (secondary N) is 1. The second-order valence-corrected chi connectivity index (χ2v) is 10.5. The monoisotopic (exact) mass is 501 g/mol. The molecule has 1 unspecified atom stereocenters. The van der Waals surface area contributed by atoms with E-state index in [0.29, 0.717) is 30.9 Å². The van der Waals surface area contributed by atoms with Crippen LogP contribution in [0.25, 0.3) is 0 Å². The van der Waals surface area contributed by atoms with Crippen molar-refractivity contribution in [1.82, 2.24) is 9.80 Å². The SMILES string of the molecule is CN=CC(=CN)C(=O)Nc1ccc2c(c1)C(=O)N(CC(O)CN1CCc3ccccc3C1)CC21CCC1. The maximum absolute atomic E-state index is 13.6. The molecule has 2 aromatic rings. The van der Waals surface area contributed by atoms with Crippen LogP contribution in [0.1, 0.15) is 46.3 Å². The summed E-state index contributed by atoms with van der Waals surface area (Å²) in [5.74, 6) is -0.485. The number of carbonyl (C=O) groups is 2. The molecule has 2 heterocycles. The Hall–Kier alpha value is -3.49. The minimum absolute atomic E-state index is 0.0766. The number of aliphatic hydroxyl groups excluding tert-OH is 1. The first-order chi connectivity index (χ1) is 17.9. The summed E-state index contributed by atoms with van der Waals surface area (Å²) in [6.07, 6.45) is 6.09. The lowest BCUT2D eigenvalue weighted by Crippen LogP contribution is -2.55. The fourth-order valence-electron chi connectivity index (χ4n) is 5.97. The number of aliphatic hydroxyl groups is 1. The number of benzene rings is 2. The summed E-state index contributed by atoms with van der Waals surface area (Å²) >= 11 is 0. The van der Waals surface area contributed by atoms with Crippen LogP contribution in [0.15, 0.2) is 59.2 Å². The third-order valence-corrected chi connectivity index (χ3v) is 7.99. The normalized spacial score (nSPS) is 19.9. The Morgan fingerprint density at radius 3 is 2.70 bits per heavy atom. The molecule has 2 aliphatic heterocycles. The summed E-state index contributed by atoms with van der Waals surface area (Å²) in [5, 5.41) is 13.8. The number of amides is 2. The van der Waals surface area contributed by atoms with Crippen LogP contribution in [-0.4, -0.2) is 72.3 Å². The molecule has 8 heteroatoms. The highest BCUT2D eigenvalue weighted by molar-refractivity contribution is 6.17. The first kappa shape index (κ1) is 25.2. The number of nitrogens with zero attached hydrogens (tertiary/aromatic N) is 3. The number of β-amino-alcohol motifs (C(OH)–C–C–N with tert-alkyl or cyclic N) is 1. The molecule has 1 spiro atoms. The zero-order valence-corrected chi connectivity index (χ0v) is 21.3. The number of hydrogen-bond donors (Lipinski definition) is 3. The van der Waals surface area contributed by atoms with Crippen molar-refractivity contribution in [3.05, 3.63) is 76.5 Å². The van der Waals surface area contributed by atoms with Gasteiger partial charge in [-0.3, -0.25) is 19.5 Å². The molecule has 37 heavy (non-hydrogen) atoms. The van der Waals surface area contributed by atoms with Crippen molar-refractivity contribution >= 4 is 23.7 Å². The van der Waals surface area contributed by atoms with Gasteiger partial charge in [0.2, 0.25) is 0 Å². The van der Waals surface area contributed by atoms with Crippen LogP contribution >= 0.6 is 0 Å². The molecular formula is C29H35N5O3. The van der Waals surface area contributed by atoms with Crippen molar-refractivity contribution in [2.24, 2.45) is 10.7 Å². The Bertz CT molecular complexity index is 1250. The quantitative estimate of drug-likeness (QED) is 0.399. The molecule has 0 saturated heterocycles. The standard InChI is InChI=1S/C29H35N5O3/c1-31-15-22(14-30)27(36)32-23-7-8-26-25(13-23)28(37)34(19-29(26)10-4-11-29)18-24(35)17-33-12-9-20-5-2-3-6-21(20)16-33/h2-3,5-8,13-15,24,35H,4,9-12,16-19,30H2,1H3,(H,32,36). The summed E-state index contributed by atoms with van der Waals surface area (Å²) < 4.78 is 0. The summed E-state index contributed by atoms with van der Waals surface area (Å²) in [6, 6.07) is 14.0. The number of rotatable bonds is 7. The van der Waals surface area contributed by atoms with E-state index in [1.807, 2.05) is 17.0 Å². The third-order valence-electron chi connectivity index (χ3n) is 7.99. The molecular weight excluding hydrogens is 466 g/mol. The van der Waals surface area contributed by atoms with E-state index >= 15 is 0 Å². The molecule has 5 rings (SSSR count). The molecule has 1 atom stereocenters. The zero-order valence-electron chi connectivity index (χ0n) is 21.3. The van der Waals surface area contributed by atoms with Gasteiger partial charge in [0.25, 0.3) is 11.8 Å². The van der Waals surface area contributed by atoms with Crippen molar-refractivity contribution in [2.75, 3.05) is 38.5 Å². The lowest BCUT2D eigenvalue weighted by molar-refractivity contribution is -0.112. The maximum Gasteiger partial charge on any atom is 0.258 e. The molecule has 0 radical (unpaired) electrons. The van der Waals surface area contributed by atoms with Gasteiger partial charge >= 0.3 is 0 Å². The molecule has 1 fully saturated rings. The van der Waals surface area contributed by atoms with Crippen LogP contribution in [0.2, 0.25) is 0 Å². The van der Waals surface area contributed by atoms with Gasteiger partial charge in [0.15, 0.2) is 0 Å². The predicted octanol–water partition coefficient (Wildman–Crippen LogP) is 2.46. The number of hydrogen-bond acceptors (Lipinski definition) is 6. The molecule has 4 N–H and O–H groups in total. The van der Waals surface area contributed by atoms with E-state index in [2.05, 4.69) is 39.5 Å². The van der Waals surface area contributed by atoms with Gasteiger partial charge in [-0.05, 0) is 48.1 Å². The van der Waals surface area contributed by atoms with Gasteiger partial charge in [0, 0.05) is 68.9 Å². The molecule has 2 aromatic carbocycles.